The first-order chi connectivity index (χ1) is 11.1. The number of methoxy groups -OCH3 is 1. The monoisotopic (exact) mass is 329 g/mol. The molecular weight excluding hydrogens is 310 g/mol. The first-order valence-corrected chi connectivity index (χ1v) is 7.75. The maximum absolute atomic E-state index is 12.1. The van der Waals surface area contributed by atoms with E-state index in [0.29, 0.717) is 18.2 Å². The van der Waals surface area contributed by atoms with Gasteiger partial charge in [0.25, 0.3) is 0 Å². The average molecular weight is 330 g/mol. The molecule has 0 aliphatic carbocycles. The van der Waals surface area contributed by atoms with Crippen molar-refractivity contribution in [1.82, 2.24) is 5.32 Å². The van der Waals surface area contributed by atoms with Crippen molar-refractivity contribution < 1.29 is 9.53 Å². The molecule has 2 aromatic carbocycles. The summed E-state index contributed by atoms with van der Waals surface area (Å²) in [7, 11) is 1.66. The summed E-state index contributed by atoms with van der Waals surface area (Å²) >= 11 is 5.97. The predicted molar refractivity (Wildman–Crippen MR) is 94.1 cm³/mol. The van der Waals surface area contributed by atoms with Crippen LogP contribution in [0.4, 0.5) is 0 Å². The van der Waals surface area contributed by atoms with Crippen molar-refractivity contribution in [3.63, 3.8) is 0 Å². The highest BCUT2D eigenvalue weighted by Crippen LogP contribution is 2.18. The van der Waals surface area contributed by atoms with Crippen LogP contribution < -0.4 is 5.32 Å². The molecule has 2 aromatic rings. The van der Waals surface area contributed by atoms with E-state index < -0.39 is 0 Å². The van der Waals surface area contributed by atoms with Gasteiger partial charge in [-0.1, -0.05) is 48.0 Å². The number of carbonyl (C=O) groups excluding carboxylic acids is 1. The van der Waals surface area contributed by atoms with E-state index in [2.05, 4.69) is 5.32 Å². The Morgan fingerprint density at radius 3 is 2.65 bits per heavy atom. The van der Waals surface area contributed by atoms with E-state index in [4.69, 9.17) is 16.3 Å². The lowest BCUT2D eigenvalue weighted by molar-refractivity contribution is -0.116. The molecule has 0 radical (unpaired) electrons. The molecule has 0 bridgehead atoms. The third kappa shape index (κ3) is 5.55. The number of hydrogen-bond donors (Lipinski definition) is 1. The molecule has 23 heavy (non-hydrogen) atoms. The molecule has 1 amide bonds. The van der Waals surface area contributed by atoms with Crippen LogP contribution in [-0.2, 0) is 22.7 Å². The molecular formula is C19H20ClNO2. The van der Waals surface area contributed by atoms with Gasteiger partial charge in [0.15, 0.2) is 0 Å². The van der Waals surface area contributed by atoms with E-state index in [1.165, 1.54) is 0 Å². The molecule has 0 saturated heterocycles. The van der Waals surface area contributed by atoms with Crippen molar-refractivity contribution in [3.8, 4) is 0 Å². The lowest BCUT2D eigenvalue weighted by atomic mass is 10.1. The molecule has 0 atom stereocenters. The van der Waals surface area contributed by atoms with Gasteiger partial charge in [-0.3, -0.25) is 4.79 Å². The first kappa shape index (κ1) is 17.3. The van der Waals surface area contributed by atoms with Crippen molar-refractivity contribution >= 4 is 23.1 Å². The van der Waals surface area contributed by atoms with Gasteiger partial charge in [-0.05, 0) is 41.3 Å². The second-order valence-corrected chi connectivity index (χ2v) is 5.74. The Morgan fingerprint density at radius 2 is 1.91 bits per heavy atom. The number of amides is 1. The predicted octanol–water partition coefficient (Wildman–Crippen LogP) is 4.21. The van der Waals surface area contributed by atoms with Crippen LogP contribution in [-0.4, -0.2) is 13.0 Å². The van der Waals surface area contributed by atoms with Crippen LogP contribution in [0, 0.1) is 0 Å². The molecule has 120 valence electrons. The van der Waals surface area contributed by atoms with Gasteiger partial charge in [0.05, 0.1) is 6.61 Å². The molecule has 0 heterocycles. The Bertz CT molecular complexity index is 710. The fourth-order valence-corrected chi connectivity index (χ4v) is 2.44. The summed E-state index contributed by atoms with van der Waals surface area (Å²) in [5.41, 5.74) is 3.94. The zero-order valence-corrected chi connectivity index (χ0v) is 14.1. The number of allylic oxidation sites excluding steroid dienone is 1. The van der Waals surface area contributed by atoms with Crippen LogP contribution in [0.1, 0.15) is 23.6 Å². The van der Waals surface area contributed by atoms with Crippen LogP contribution >= 0.6 is 11.6 Å². The summed E-state index contributed by atoms with van der Waals surface area (Å²) in [5, 5.41) is 3.55. The number of carbonyl (C=O) groups is 1. The number of ether oxygens (including phenoxy) is 1. The van der Waals surface area contributed by atoms with Gasteiger partial charge >= 0.3 is 0 Å². The molecule has 4 heteroatoms. The Labute approximate surface area is 141 Å². The van der Waals surface area contributed by atoms with Gasteiger partial charge < -0.3 is 10.1 Å². The van der Waals surface area contributed by atoms with Gasteiger partial charge in [-0.25, -0.2) is 0 Å². The van der Waals surface area contributed by atoms with E-state index >= 15 is 0 Å². The van der Waals surface area contributed by atoms with Crippen LogP contribution in [0.25, 0.3) is 5.57 Å². The van der Waals surface area contributed by atoms with Crippen LogP contribution in [0.2, 0.25) is 5.02 Å². The molecule has 3 nitrogen and oxygen atoms in total. The summed E-state index contributed by atoms with van der Waals surface area (Å²) in [4.78, 5) is 12.1. The minimum atomic E-state index is -0.125. The van der Waals surface area contributed by atoms with E-state index in [0.717, 1.165) is 22.3 Å². The zero-order chi connectivity index (χ0) is 16.7. The summed E-state index contributed by atoms with van der Waals surface area (Å²) in [6.45, 7) is 2.94. The molecule has 0 unspecified atom stereocenters. The SMILES string of the molecule is COCc1cccc(CNC(=O)C=C(C)c2cccc(Cl)c2)c1. The second kappa shape index (κ2) is 8.51. The molecule has 0 saturated carbocycles. The number of benzene rings is 2. The molecule has 0 aliphatic heterocycles. The van der Waals surface area contributed by atoms with Crippen molar-refractivity contribution in [1.29, 1.82) is 0 Å². The van der Waals surface area contributed by atoms with E-state index in [-0.39, 0.29) is 5.91 Å². The number of hydrogen-bond acceptors (Lipinski definition) is 2. The van der Waals surface area contributed by atoms with Crippen molar-refractivity contribution in [2.75, 3.05) is 7.11 Å². The third-order valence-corrected chi connectivity index (χ3v) is 3.63. The molecule has 2 rings (SSSR count). The minimum absolute atomic E-state index is 0.125. The van der Waals surface area contributed by atoms with Crippen molar-refractivity contribution in [2.24, 2.45) is 0 Å². The highest BCUT2D eigenvalue weighted by molar-refractivity contribution is 6.30. The smallest absolute Gasteiger partial charge is 0.244 e. The van der Waals surface area contributed by atoms with Gasteiger partial charge in [-0.2, -0.15) is 0 Å². The number of rotatable bonds is 6. The topological polar surface area (TPSA) is 38.3 Å². The highest BCUT2D eigenvalue weighted by Gasteiger charge is 2.02. The summed E-state index contributed by atoms with van der Waals surface area (Å²) in [6.07, 6.45) is 1.59. The van der Waals surface area contributed by atoms with Crippen LogP contribution in [0.5, 0.6) is 0 Å². The Balaban J connectivity index is 1.97. The maximum Gasteiger partial charge on any atom is 0.244 e. The maximum atomic E-state index is 12.1. The molecule has 1 N–H and O–H groups in total. The Kier molecular flexibility index (Phi) is 6.39. The van der Waals surface area contributed by atoms with Crippen LogP contribution in [0.3, 0.4) is 0 Å². The van der Waals surface area contributed by atoms with E-state index in [1.807, 2.05) is 55.5 Å². The average Bonchev–Trinajstić information content (AvgIpc) is 2.54. The minimum Gasteiger partial charge on any atom is -0.380 e. The number of nitrogens with one attached hydrogen (secondary N) is 1. The summed E-state index contributed by atoms with van der Waals surface area (Å²) < 4.78 is 5.11. The van der Waals surface area contributed by atoms with Gasteiger partial charge in [-0.15, -0.1) is 0 Å². The van der Waals surface area contributed by atoms with Gasteiger partial charge in [0.1, 0.15) is 0 Å². The fraction of sp³-hybridized carbons (Fsp3) is 0.211. The van der Waals surface area contributed by atoms with Crippen LogP contribution in [0.15, 0.2) is 54.6 Å². The molecule has 0 spiro atoms. The summed E-state index contributed by atoms with van der Waals surface area (Å²) in [6, 6.07) is 15.4. The van der Waals surface area contributed by atoms with E-state index in [9.17, 15) is 4.79 Å². The van der Waals surface area contributed by atoms with E-state index in [1.54, 1.807) is 13.2 Å². The van der Waals surface area contributed by atoms with Gasteiger partial charge in [0.2, 0.25) is 5.91 Å². The highest BCUT2D eigenvalue weighted by atomic mass is 35.5. The fourth-order valence-electron chi connectivity index (χ4n) is 2.25. The van der Waals surface area contributed by atoms with Gasteiger partial charge in [0, 0.05) is 24.8 Å². The molecule has 0 fully saturated rings. The Hall–Kier alpha value is -2.10. The second-order valence-electron chi connectivity index (χ2n) is 5.31. The standard InChI is InChI=1S/C19H20ClNO2/c1-14(17-7-4-8-18(20)11-17)9-19(22)21-12-15-5-3-6-16(10-15)13-23-2/h3-11H,12-13H2,1-2H3,(H,21,22). The number of halogens is 1. The summed E-state index contributed by atoms with van der Waals surface area (Å²) in [5.74, 6) is -0.125. The third-order valence-electron chi connectivity index (χ3n) is 3.40. The quantitative estimate of drug-likeness (QED) is 0.806. The molecule has 0 aromatic heterocycles. The largest absolute Gasteiger partial charge is 0.380 e. The molecule has 0 aliphatic rings. The lowest BCUT2D eigenvalue weighted by Crippen LogP contribution is -2.20. The lowest BCUT2D eigenvalue weighted by Gasteiger charge is -2.07. The van der Waals surface area contributed by atoms with Crippen molar-refractivity contribution in [3.05, 3.63) is 76.3 Å². The normalized spacial score (nSPS) is 11.3. The Morgan fingerprint density at radius 1 is 1.17 bits per heavy atom. The first-order valence-electron chi connectivity index (χ1n) is 7.37. The zero-order valence-electron chi connectivity index (χ0n) is 13.3. The van der Waals surface area contributed by atoms with Crippen molar-refractivity contribution in [2.45, 2.75) is 20.1 Å².